The lowest BCUT2D eigenvalue weighted by Crippen LogP contribution is -2.43. The summed E-state index contributed by atoms with van der Waals surface area (Å²) in [5, 5.41) is 19.8. The van der Waals surface area contributed by atoms with Gasteiger partial charge in [0.15, 0.2) is 6.04 Å². The largest absolute Gasteiger partial charge is 0.480 e. The van der Waals surface area contributed by atoms with Crippen molar-refractivity contribution in [3.05, 3.63) is 24.0 Å². The number of hydrogen-bond donors (Lipinski definition) is 3. The molecule has 1 atom stereocenters. The molecular weight excluding hydrogens is 224 g/mol. The Kier molecular flexibility index (Phi) is 4.71. The van der Waals surface area contributed by atoms with Crippen molar-refractivity contribution < 1.29 is 19.8 Å². The Hall–Kier alpha value is -1.82. The van der Waals surface area contributed by atoms with Gasteiger partial charge in [0.25, 0.3) is 5.91 Å². The van der Waals surface area contributed by atoms with Gasteiger partial charge in [-0.15, -0.1) is 0 Å². The van der Waals surface area contributed by atoms with Crippen molar-refractivity contribution in [1.82, 2.24) is 9.88 Å². The van der Waals surface area contributed by atoms with Crippen LogP contribution in [-0.2, 0) is 11.3 Å². The average molecular weight is 240 g/mol. The molecule has 0 unspecified atom stereocenters. The minimum Gasteiger partial charge on any atom is -0.480 e. The van der Waals surface area contributed by atoms with Crippen molar-refractivity contribution in [3.63, 3.8) is 0 Å². The number of rotatable bonds is 6. The van der Waals surface area contributed by atoms with Crippen molar-refractivity contribution in [3.8, 4) is 0 Å². The number of amides is 1. The Bertz CT molecular complexity index is 400. The van der Waals surface area contributed by atoms with Crippen LogP contribution in [0.1, 0.15) is 23.8 Å². The maximum atomic E-state index is 11.8. The van der Waals surface area contributed by atoms with E-state index in [4.69, 9.17) is 10.2 Å². The second-order valence-corrected chi connectivity index (χ2v) is 3.63. The summed E-state index contributed by atoms with van der Waals surface area (Å²) < 4.78 is 1.74. The molecule has 17 heavy (non-hydrogen) atoms. The van der Waals surface area contributed by atoms with Crippen molar-refractivity contribution in [1.29, 1.82) is 0 Å². The number of carboxylic acid groups (broad SMARTS) is 1. The standard InChI is InChI=1S/C11H16N2O4/c1-2-5-13-6-3-4-9(13)10(15)12-8(7-14)11(16)17/h3-4,6,8,14H,2,5,7H2,1H3,(H,12,15)(H,16,17)/t8-/m1/s1. The van der Waals surface area contributed by atoms with Crippen LogP contribution in [0.5, 0.6) is 0 Å². The van der Waals surface area contributed by atoms with E-state index in [1.807, 2.05) is 6.92 Å². The first kappa shape index (κ1) is 13.2. The molecule has 3 N–H and O–H groups in total. The van der Waals surface area contributed by atoms with Crippen molar-refractivity contribution in [2.24, 2.45) is 0 Å². The topological polar surface area (TPSA) is 91.6 Å². The molecule has 0 radical (unpaired) electrons. The number of carbonyl (C=O) groups excluding carboxylic acids is 1. The summed E-state index contributed by atoms with van der Waals surface area (Å²) in [6.45, 7) is 2.04. The molecule has 1 amide bonds. The molecule has 0 aliphatic rings. The van der Waals surface area contributed by atoms with Crippen LogP contribution in [0.25, 0.3) is 0 Å². The highest BCUT2D eigenvalue weighted by atomic mass is 16.4. The molecular formula is C11H16N2O4. The number of hydrogen-bond acceptors (Lipinski definition) is 3. The summed E-state index contributed by atoms with van der Waals surface area (Å²) in [5.41, 5.74) is 0.395. The van der Waals surface area contributed by atoms with Gasteiger partial charge in [0.2, 0.25) is 0 Å². The number of aromatic nitrogens is 1. The molecule has 6 nitrogen and oxygen atoms in total. The van der Waals surface area contributed by atoms with Gasteiger partial charge >= 0.3 is 5.97 Å². The average Bonchev–Trinajstić information content (AvgIpc) is 2.74. The number of nitrogens with one attached hydrogen (secondary N) is 1. The van der Waals surface area contributed by atoms with Crippen LogP contribution in [0, 0.1) is 0 Å². The van der Waals surface area contributed by atoms with E-state index in [1.54, 1.807) is 22.9 Å². The van der Waals surface area contributed by atoms with E-state index in [0.29, 0.717) is 12.2 Å². The van der Waals surface area contributed by atoms with Gasteiger partial charge in [-0.25, -0.2) is 4.79 Å². The first-order valence-corrected chi connectivity index (χ1v) is 5.39. The maximum absolute atomic E-state index is 11.8. The fourth-order valence-electron chi connectivity index (χ4n) is 1.47. The normalized spacial score (nSPS) is 12.1. The van der Waals surface area contributed by atoms with Crippen LogP contribution in [0.2, 0.25) is 0 Å². The number of carbonyl (C=O) groups is 2. The first-order chi connectivity index (χ1) is 8.10. The molecule has 0 aliphatic carbocycles. The molecule has 0 aliphatic heterocycles. The van der Waals surface area contributed by atoms with Gasteiger partial charge < -0.3 is 20.1 Å². The Morgan fingerprint density at radius 1 is 1.53 bits per heavy atom. The number of carboxylic acids is 1. The van der Waals surface area contributed by atoms with Crippen molar-refractivity contribution in [2.45, 2.75) is 25.9 Å². The summed E-state index contributed by atoms with van der Waals surface area (Å²) >= 11 is 0. The number of nitrogens with zero attached hydrogens (tertiary/aromatic N) is 1. The van der Waals surface area contributed by atoms with E-state index < -0.39 is 24.5 Å². The number of aryl methyl sites for hydroxylation is 1. The summed E-state index contributed by atoms with van der Waals surface area (Å²) in [6, 6.07) is 2.06. The third-order valence-corrected chi connectivity index (χ3v) is 2.31. The second-order valence-electron chi connectivity index (χ2n) is 3.63. The lowest BCUT2D eigenvalue weighted by molar-refractivity contribution is -0.140. The highest BCUT2D eigenvalue weighted by Crippen LogP contribution is 2.04. The summed E-state index contributed by atoms with van der Waals surface area (Å²) in [7, 11) is 0. The van der Waals surface area contributed by atoms with E-state index in [-0.39, 0.29) is 0 Å². The summed E-state index contributed by atoms with van der Waals surface area (Å²) in [5.74, 6) is -1.75. The molecule has 0 fully saturated rings. The van der Waals surface area contributed by atoms with E-state index in [0.717, 1.165) is 6.42 Å². The minimum atomic E-state index is -1.27. The monoisotopic (exact) mass is 240 g/mol. The minimum absolute atomic E-state index is 0.395. The lowest BCUT2D eigenvalue weighted by Gasteiger charge is -2.13. The van der Waals surface area contributed by atoms with E-state index in [9.17, 15) is 9.59 Å². The van der Waals surface area contributed by atoms with E-state index >= 15 is 0 Å². The van der Waals surface area contributed by atoms with Crippen LogP contribution >= 0.6 is 0 Å². The van der Waals surface area contributed by atoms with Gasteiger partial charge in [-0.2, -0.15) is 0 Å². The van der Waals surface area contributed by atoms with E-state index in [1.165, 1.54) is 0 Å². The van der Waals surface area contributed by atoms with Gasteiger partial charge in [-0.05, 0) is 18.6 Å². The Balaban J connectivity index is 2.75. The quantitative estimate of drug-likeness (QED) is 0.656. The fourth-order valence-corrected chi connectivity index (χ4v) is 1.47. The van der Waals surface area contributed by atoms with Gasteiger partial charge in [0.1, 0.15) is 5.69 Å². The van der Waals surface area contributed by atoms with Crippen LogP contribution < -0.4 is 5.32 Å². The highest BCUT2D eigenvalue weighted by Gasteiger charge is 2.20. The van der Waals surface area contributed by atoms with Crippen LogP contribution in [0.3, 0.4) is 0 Å². The van der Waals surface area contributed by atoms with Crippen LogP contribution in [0.4, 0.5) is 0 Å². The van der Waals surface area contributed by atoms with Crippen molar-refractivity contribution >= 4 is 11.9 Å². The SMILES string of the molecule is CCCn1cccc1C(=O)N[C@H](CO)C(=O)O. The second kappa shape index (κ2) is 6.05. The Labute approximate surface area is 98.9 Å². The maximum Gasteiger partial charge on any atom is 0.328 e. The Morgan fingerprint density at radius 2 is 2.24 bits per heavy atom. The molecule has 1 rings (SSSR count). The van der Waals surface area contributed by atoms with Crippen molar-refractivity contribution in [2.75, 3.05) is 6.61 Å². The zero-order valence-corrected chi connectivity index (χ0v) is 9.59. The third-order valence-electron chi connectivity index (χ3n) is 2.31. The van der Waals surface area contributed by atoms with Crippen LogP contribution in [0.15, 0.2) is 18.3 Å². The predicted octanol–water partition coefficient (Wildman–Crippen LogP) is 0.0734. The summed E-state index contributed by atoms with van der Waals surface area (Å²) in [6.07, 6.45) is 2.63. The smallest absolute Gasteiger partial charge is 0.328 e. The molecule has 1 aromatic rings. The highest BCUT2D eigenvalue weighted by molar-refractivity contribution is 5.95. The molecule has 0 aromatic carbocycles. The molecule has 1 aromatic heterocycles. The van der Waals surface area contributed by atoms with Gasteiger partial charge in [0, 0.05) is 12.7 Å². The number of aliphatic hydroxyl groups excluding tert-OH is 1. The fraction of sp³-hybridized carbons (Fsp3) is 0.455. The first-order valence-electron chi connectivity index (χ1n) is 5.39. The van der Waals surface area contributed by atoms with E-state index in [2.05, 4.69) is 5.32 Å². The molecule has 0 saturated carbocycles. The van der Waals surface area contributed by atoms with Gasteiger partial charge in [-0.1, -0.05) is 6.92 Å². The zero-order valence-electron chi connectivity index (χ0n) is 9.59. The lowest BCUT2D eigenvalue weighted by atomic mass is 10.3. The van der Waals surface area contributed by atoms with Gasteiger partial charge in [-0.3, -0.25) is 4.79 Å². The number of aliphatic hydroxyl groups is 1. The Morgan fingerprint density at radius 3 is 2.76 bits per heavy atom. The van der Waals surface area contributed by atoms with Gasteiger partial charge in [0.05, 0.1) is 6.61 Å². The molecule has 0 bridgehead atoms. The molecule has 0 saturated heterocycles. The molecule has 1 heterocycles. The zero-order chi connectivity index (χ0) is 12.8. The third kappa shape index (κ3) is 3.32. The molecule has 6 heteroatoms. The summed E-state index contributed by atoms with van der Waals surface area (Å²) in [4.78, 5) is 22.4. The number of aliphatic carboxylic acids is 1. The predicted molar refractivity (Wildman–Crippen MR) is 60.7 cm³/mol. The molecule has 0 spiro atoms. The van der Waals surface area contributed by atoms with Crippen LogP contribution in [-0.4, -0.2) is 39.3 Å². The molecule has 94 valence electrons.